The van der Waals surface area contributed by atoms with E-state index in [0.29, 0.717) is 6.54 Å². The Bertz CT molecular complexity index is 835. The molecule has 3 aromatic carbocycles. The van der Waals surface area contributed by atoms with Crippen molar-refractivity contribution in [3.8, 4) is 0 Å². The van der Waals surface area contributed by atoms with E-state index >= 15 is 0 Å². The predicted molar refractivity (Wildman–Crippen MR) is 115 cm³/mol. The maximum absolute atomic E-state index is 9.54. The first-order valence-corrected chi connectivity index (χ1v) is 9.89. The third kappa shape index (κ3) is 4.88. The molecular formula is C24H30N2O. The Morgan fingerprint density at radius 1 is 0.778 bits per heavy atom. The summed E-state index contributed by atoms with van der Waals surface area (Å²) in [7, 11) is 0. The number of anilines is 1. The van der Waals surface area contributed by atoms with Crippen LogP contribution in [0.15, 0.2) is 66.7 Å². The van der Waals surface area contributed by atoms with E-state index in [1.165, 1.54) is 27.6 Å². The highest BCUT2D eigenvalue weighted by Gasteiger charge is 2.10. The standard InChI is InChI=1S/C24H30N2O/c1-3-26(4-2)23-14-12-20(13-15-23)18-25(16-17-27)19-22-10-7-9-21-8-5-6-11-24(21)22/h5-15,27H,3-4,16-19H2,1-2H3. The number of hydrogen-bond donors (Lipinski definition) is 1. The van der Waals surface area contributed by atoms with E-state index in [2.05, 4.69) is 90.4 Å². The molecule has 3 rings (SSSR count). The van der Waals surface area contributed by atoms with Crippen molar-refractivity contribution in [3.63, 3.8) is 0 Å². The van der Waals surface area contributed by atoms with Crippen molar-refractivity contribution in [1.29, 1.82) is 0 Å². The number of aliphatic hydroxyl groups is 1. The lowest BCUT2D eigenvalue weighted by Gasteiger charge is -2.24. The number of aliphatic hydroxyl groups excluding tert-OH is 1. The summed E-state index contributed by atoms with van der Waals surface area (Å²) in [4.78, 5) is 4.67. The van der Waals surface area contributed by atoms with Crippen LogP contribution in [0, 0.1) is 0 Å². The van der Waals surface area contributed by atoms with Crippen LogP contribution in [-0.4, -0.2) is 36.2 Å². The Kier molecular flexibility index (Phi) is 6.86. The molecule has 0 spiro atoms. The zero-order chi connectivity index (χ0) is 19.1. The Morgan fingerprint density at radius 3 is 2.19 bits per heavy atom. The van der Waals surface area contributed by atoms with Gasteiger partial charge in [-0.2, -0.15) is 0 Å². The first-order valence-electron chi connectivity index (χ1n) is 9.89. The van der Waals surface area contributed by atoms with Gasteiger partial charge in [0.1, 0.15) is 0 Å². The zero-order valence-corrected chi connectivity index (χ0v) is 16.4. The summed E-state index contributed by atoms with van der Waals surface area (Å²) in [6.45, 7) is 8.92. The predicted octanol–water partition coefficient (Wildman–Crippen LogP) is 4.68. The van der Waals surface area contributed by atoms with Gasteiger partial charge in [0.2, 0.25) is 0 Å². The number of nitrogens with zero attached hydrogens (tertiary/aromatic N) is 2. The summed E-state index contributed by atoms with van der Waals surface area (Å²) in [6, 6.07) is 23.8. The topological polar surface area (TPSA) is 26.7 Å². The Morgan fingerprint density at radius 2 is 1.48 bits per heavy atom. The van der Waals surface area contributed by atoms with Crippen molar-refractivity contribution >= 4 is 16.5 Å². The van der Waals surface area contributed by atoms with Crippen molar-refractivity contribution in [2.45, 2.75) is 26.9 Å². The lowest BCUT2D eigenvalue weighted by molar-refractivity contribution is 0.185. The van der Waals surface area contributed by atoms with Gasteiger partial charge in [0.25, 0.3) is 0 Å². The van der Waals surface area contributed by atoms with Gasteiger partial charge in [-0.25, -0.2) is 0 Å². The SMILES string of the molecule is CCN(CC)c1ccc(CN(CCO)Cc2cccc3ccccc23)cc1. The van der Waals surface area contributed by atoms with Gasteiger partial charge in [-0.15, -0.1) is 0 Å². The molecule has 3 aromatic rings. The molecule has 1 N–H and O–H groups in total. The summed E-state index contributed by atoms with van der Waals surface area (Å²) < 4.78 is 0. The van der Waals surface area contributed by atoms with Crippen LogP contribution in [0.3, 0.4) is 0 Å². The van der Waals surface area contributed by atoms with Gasteiger partial charge in [-0.3, -0.25) is 4.90 Å². The van der Waals surface area contributed by atoms with Crippen LogP contribution in [0.1, 0.15) is 25.0 Å². The largest absolute Gasteiger partial charge is 0.395 e. The lowest BCUT2D eigenvalue weighted by atomic mass is 10.0. The van der Waals surface area contributed by atoms with E-state index in [-0.39, 0.29) is 6.61 Å². The second-order valence-corrected chi connectivity index (χ2v) is 6.91. The molecule has 0 aromatic heterocycles. The van der Waals surface area contributed by atoms with E-state index in [9.17, 15) is 5.11 Å². The molecule has 0 saturated carbocycles. The van der Waals surface area contributed by atoms with Gasteiger partial charge in [0, 0.05) is 38.4 Å². The maximum atomic E-state index is 9.54. The average Bonchev–Trinajstić information content (AvgIpc) is 2.71. The Balaban J connectivity index is 1.76. The summed E-state index contributed by atoms with van der Waals surface area (Å²) in [6.07, 6.45) is 0. The zero-order valence-electron chi connectivity index (χ0n) is 16.4. The first kappa shape index (κ1) is 19.4. The Labute approximate surface area is 162 Å². The Hall–Kier alpha value is -2.36. The van der Waals surface area contributed by atoms with Crippen LogP contribution in [0.2, 0.25) is 0 Å². The number of hydrogen-bond acceptors (Lipinski definition) is 3. The van der Waals surface area contributed by atoms with Crippen molar-refractivity contribution in [2.24, 2.45) is 0 Å². The fourth-order valence-corrected chi connectivity index (χ4v) is 3.69. The van der Waals surface area contributed by atoms with E-state index in [0.717, 1.165) is 26.2 Å². The summed E-state index contributed by atoms with van der Waals surface area (Å²) >= 11 is 0. The van der Waals surface area contributed by atoms with E-state index in [4.69, 9.17) is 0 Å². The van der Waals surface area contributed by atoms with Crippen LogP contribution in [-0.2, 0) is 13.1 Å². The van der Waals surface area contributed by atoms with Gasteiger partial charge in [0.15, 0.2) is 0 Å². The second kappa shape index (κ2) is 9.54. The molecule has 0 aliphatic heterocycles. The molecule has 0 aliphatic rings. The van der Waals surface area contributed by atoms with Gasteiger partial charge < -0.3 is 10.0 Å². The van der Waals surface area contributed by atoms with Gasteiger partial charge in [-0.05, 0) is 47.9 Å². The van der Waals surface area contributed by atoms with Gasteiger partial charge >= 0.3 is 0 Å². The smallest absolute Gasteiger partial charge is 0.0558 e. The highest BCUT2D eigenvalue weighted by molar-refractivity contribution is 5.85. The van der Waals surface area contributed by atoms with Gasteiger partial charge in [-0.1, -0.05) is 54.6 Å². The lowest BCUT2D eigenvalue weighted by Crippen LogP contribution is -2.26. The van der Waals surface area contributed by atoms with Gasteiger partial charge in [0.05, 0.1) is 6.61 Å². The molecule has 0 heterocycles. The van der Waals surface area contributed by atoms with Crippen molar-refractivity contribution in [3.05, 3.63) is 77.9 Å². The molecule has 27 heavy (non-hydrogen) atoms. The van der Waals surface area contributed by atoms with E-state index < -0.39 is 0 Å². The fourth-order valence-electron chi connectivity index (χ4n) is 3.69. The van der Waals surface area contributed by atoms with Crippen LogP contribution in [0.5, 0.6) is 0 Å². The summed E-state index contributed by atoms with van der Waals surface area (Å²) in [5.74, 6) is 0. The van der Waals surface area contributed by atoms with E-state index in [1.807, 2.05) is 0 Å². The molecule has 0 amide bonds. The molecule has 142 valence electrons. The van der Waals surface area contributed by atoms with Crippen molar-refractivity contribution in [1.82, 2.24) is 4.90 Å². The number of benzene rings is 3. The molecule has 0 saturated heterocycles. The molecule has 3 heteroatoms. The molecule has 0 aliphatic carbocycles. The quantitative estimate of drug-likeness (QED) is 0.599. The van der Waals surface area contributed by atoms with Crippen LogP contribution >= 0.6 is 0 Å². The number of rotatable bonds is 9. The van der Waals surface area contributed by atoms with E-state index in [1.54, 1.807) is 0 Å². The van der Waals surface area contributed by atoms with Crippen molar-refractivity contribution < 1.29 is 5.11 Å². The molecule has 3 nitrogen and oxygen atoms in total. The monoisotopic (exact) mass is 362 g/mol. The van der Waals surface area contributed by atoms with Crippen molar-refractivity contribution in [2.75, 3.05) is 31.1 Å². The third-order valence-corrected chi connectivity index (χ3v) is 5.16. The minimum absolute atomic E-state index is 0.169. The van der Waals surface area contributed by atoms with Crippen LogP contribution < -0.4 is 4.90 Å². The maximum Gasteiger partial charge on any atom is 0.0558 e. The molecule has 0 radical (unpaired) electrons. The molecular weight excluding hydrogens is 332 g/mol. The fraction of sp³-hybridized carbons (Fsp3) is 0.333. The minimum Gasteiger partial charge on any atom is -0.395 e. The molecule has 0 bridgehead atoms. The second-order valence-electron chi connectivity index (χ2n) is 6.91. The highest BCUT2D eigenvalue weighted by atomic mass is 16.3. The molecule has 0 unspecified atom stereocenters. The molecule has 0 atom stereocenters. The summed E-state index contributed by atoms with van der Waals surface area (Å²) in [5, 5.41) is 12.1. The normalized spacial score (nSPS) is 11.3. The first-order chi connectivity index (χ1) is 13.2. The molecule has 0 fully saturated rings. The van der Waals surface area contributed by atoms with Crippen LogP contribution in [0.25, 0.3) is 10.8 Å². The summed E-state index contributed by atoms with van der Waals surface area (Å²) in [5.41, 5.74) is 3.85. The minimum atomic E-state index is 0.169. The number of fused-ring (bicyclic) bond motifs is 1. The highest BCUT2D eigenvalue weighted by Crippen LogP contribution is 2.21. The van der Waals surface area contributed by atoms with Crippen LogP contribution in [0.4, 0.5) is 5.69 Å². The third-order valence-electron chi connectivity index (χ3n) is 5.16. The average molecular weight is 363 g/mol.